The van der Waals surface area contributed by atoms with Gasteiger partial charge >= 0.3 is 0 Å². The van der Waals surface area contributed by atoms with Crippen LogP contribution in [0.4, 0.5) is 0 Å². The van der Waals surface area contributed by atoms with E-state index in [0.717, 1.165) is 23.7 Å². The molecule has 1 amide bonds. The molecular weight excluding hydrogens is 300 g/mol. The van der Waals surface area contributed by atoms with Crippen LogP contribution in [0.5, 0.6) is 0 Å². The summed E-state index contributed by atoms with van der Waals surface area (Å²) in [7, 11) is 0. The summed E-state index contributed by atoms with van der Waals surface area (Å²) in [5.74, 6) is 1.70. The van der Waals surface area contributed by atoms with Crippen molar-refractivity contribution in [2.45, 2.75) is 38.0 Å². The maximum Gasteiger partial charge on any atom is 0.226 e. The van der Waals surface area contributed by atoms with Crippen LogP contribution in [0.2, 0.25) is 0 Å². The molecule has 0 spiro atoms. The van der Waals surface area contributed by atoms with Crippen LogP contribution in [0.1, 0.15) is 36.4 Å². The van der Waals surface area contributed by atoms with Crippen LogP contribution in [0.15, 0.2) is 5.38 Å². The Hall–Kier alpha value is -0.260. The zero-order valence-electron chi connectivity index (χ0n) is 11.3. The first-order valence-electron chi connectivity index (χ1n) is 6.51. The van der Waals surface area contributed by atoms with Crippen molar-refractivity contribution in [3.05, 3.63) is 16.1 Å². The predicted molar refractivity (Wildman–Crippen MR) is 85.2 cm³/mol. The third kappa shape index (κ3) is 7.80. The van der Waals surface area contributed by atoms with Crippen LogP contribution < -0.4 is 5.32 Å². The molecule has 0 saturated carbocycles. The number of amides is 1. The van der Waals surface area contributed by atoms with Crippen LogP contribution in [0, 0.1) is 0 Å². The Morgan fingerprint density at radius 2 is 2.21 bits per heavy atom. The molecular formula is C13H21ClN2OS2. The summed E-state index contributed by atoms with van der Waals surface area (Å²) in [5, 5.41) is 5.68. The Labute approximate surface area is 128 Å². The number of aromatic nitrogens is 1. The molecule has 3 nitrogen and oxygen atoms in total. The third-order valence-corrected chi connectivity index (χ3v) is 4.51. The number of halogens is 1. The molecule has 0 aromatic carbocycles. The number of carbonyl (C=O) groups excluding carboxylic acids is 1. The number of alkyl halides is 1. The molecule has 0 aliphatic carbocycles. The number of hydrogen-bond donors (Lipinski definition) is 1. The van der Waals surface area contributed by atoms with Gasteiger partial charge < -0.3 is 5.32 Å². The van der Waals surface area contributed by atoms with E-state index in [2.05, 4.69) is 16.6 Å². The van der Waals surface area contributed by atoms with E-state index in [-0.39, 0.29) is 5.91 Å². The van der Waals surface area contributed by atoms with Crippen LogP contribution in [0.25, 0.3) is 0 Å². The topological polar surface area (TPSA) is 42.0 Å². The number of hydrogen-bond acceptors (Lipinski definition) is 4. The van der Waals surface area contributed by atoms with Crippen molar-refractivity contribution in [3.8, 4) is 0 Å². The maximum atomic E-state index is 11.7. The monoisotopic (exact) mass is 320 g/mol. The van der Waals surface area contributed by atoms with Gasteiger partial charge in [0.1, 0.15) is 5.01 Å². The van der Waals surface area contributed by atoms with Gasteiger partial charge in [0.15, 0.2) is 0 Å². The molecule has 0 unspecified atom stereocenters. The van der Waals surface area contributed by atoms with Crippen molar-refractivity contribution in [2.24, 2.45) is 0 Å². The van der Waals surface area contributed by atoms with E-state index in [1.54, 1.807) is 0 Å². The second kappa shape index (κ2) is 10.5. The second-order valence-corrected chi connectivity index (χ2v) is 6.50. The Bertz CT molecular complexity index is 371. The fourth-order valence-corrected chi connectivity index (χ4v) is 3.16. The average Bonchev–Trinajstić information content (AvgIpc) is 2.85. The SMILES string of the molecule is CSCCCCCCNC(=O)Cc1nc(CCl)cs1. The first kappa shape index (κ1) is 16.8. The quantitative estimate of drug-likeness (QED) is 0.530. The van der Waals surface area contributed by atoms with Crippen molar-refractivity contribution < 1.29 is 4.79 Å². The van der Waals surface area contributed by atoms with Crippen LogP contribution >= 0.6 is 34.7 Å². The maximum absolute atomic E-state index is 11.7. The molecule has 0 atom stereocenters. The minimum absolute atomic E-state index is 0.0552. The second-order valence-electron chi connectivity index (χ2n) is 4.30. The fourth-order valence-electron chi connectivity index (χ4n) is 1.64. The van der Waals surface area contributed by atoms with Gasteiger partial charge in [0.2, 0.25) is 5.91 Å². The lowest BCUT2D eigenvalue weighted by Gasteiger charge is -2.03. The predicted octanol–water partition coefficient (Wildman–Crippen LogP) is 3.46. The van der Waals surface area contributed by atoms with Crippen LogP contribution in [-0.2, 0) is 17.1 Å². The summed E-state index contributed by atoms with van der Waals surface area (Å²) in [4.78, 5) is 15.9. The van der Waals surface area contributed by atoms with Crippen molar-refractivity contribution in [2.75, 3.05) is 18.6 Å². The molecule has 1 N–H and O–H groups in total. The van der Waals surface area contributed by atoms with Gasteiger partial charge in [-0.05, 0) is 24.9 Å². The van der Waals surface area contributed by atoms with Gasteiger partial charge in [0, 0.05) is 11.9 Å². The van der Waals surface area contributed by atoms with E-state index in [0.29, 0.717) is 12.3 Å². The molecule has 0 radical (unpaired) electrons. The first-order chi connectivity index (χ1) is 9.26. The summed E-state index contributed by atoms with van der Waals surface area (Å²) in [6, 6.07) is 0. The zero-order chi connectivity index (χ0) is 13.9. The van der Waals surface area contributed by atoms with Crippen molar-refractivity contribution >= 4 is 40.6 Å². The number of thiazole rings is 1. The highest BCUT2D eigenvalue weighted by molar-refractivity contribution is 7.98. The number of nitrogens with zero attached hydrogens (tertiary/aromatic N) is 1. The van der Waals surface area contributed by atoms with Crippen molar-refractivity contribution in [1.82, 2.24) is 10.3 Å². The van der Waals surface area contributed by atoms with Gasteiger partial charge in [0.05, 0.1) is 18.0 Å². The minimum atomic E-state index is 0.0552. The van der Waals surface area contributed by atoms with Gasteiger partial charge in [0.25, 0.3) is 0 Å². The normalized spacial score (nSPS) is 10.6. The molecule has 6 heteroatoms. The van der Waals surface area contributed by atoms with Gasteiger partial charge in [-0.1, -0.05) is 12.8 Å². The van der Waals surface area contributed by atoms with Gasteiger partial charge in [-0.3, -0.25) is 4.79 Å². The molecule has 0 saturated heterocycles. The van der Waals surface area contributed by atoms with E-state index < -0.39 is 0 Å². The van der Waals surface area contributed by atoms with Crippen molar-refractivity contribution in [1.29, 1.82) is 0 Å². The minimum Gasteiger partial charge on any atom is -0.356 e. The van der Waals surface area contributed by atoms with Crippen molar-refractivity contribution in [3.63, 3.8) is 0 Å². The van der Waals surface area contributed by atoms with Crippen LogP contribution in [-0.4, -0.2) is 29.4 Å². The molecule has 1 rings (SSSR count). The Balaban J connectivity index is 2.04. The molecule has 19 heavy (non-hydrogen) atoms. The Kier molecular flexibility index (Phi) is 9.30. The molecule has 1 aromatic rings. The lowest BCUT2D eigenvalue weighted by atomic mass is 10.2. The van der Waals surface area contributed by atoms with Gasteiger partial charge in [-0.25, -0.2) is 4.98 Å². The van der Waals surface area contributed by atoms with Crippen LogP contribution in [0.3, 0.4) is 0 Å². The van der Waals surface area contributed by atoms with Gasteiger partial charge in [-0.15, -0.1) is 22.9 Å². The number of unbranched alkanes of at least 4 members (excludes halogenated alkanes) is 3. The first-order valence-corrected chi connectivity index (χ1v) is 9.32. The van der Waals surface area contributed by atoms with E-state index >= 15 is 0 Å². The van der Waals surface area contributed by atoms with E-state index in [9.17, 15) is 4.79 Å². The smallest absolute Gasteiger partial charge is 0.226 e. The summed E-state index contributed by atoms with van der Waals surface area (Å²) in [6.07, 6.45) is 7.28. The Morgan fingerprint density at radius 1 is 1.42 bits per heavy atom. The number of rotatable bonds is 10. The standard InChI is InChI=1S/C13H21ClN2OS2/c1-18-7-5-3-2-4-6-15-12(17)8-13-16-11(9-14)10-19-13/h10H,2-9H2,1H3,(H,15,17). The highest BCUT2D eigenvalue weighted by Gasteiger charge is 2.06. The number of carbonyl (C=O) groups is 1. The number of nitrogens with one attached hydrogen (secondary N) is 1. The molecule has 108 valence electrons. The molecule has 1 aromatic heterocycles. The highest BCUT2D eigenvalue weighted by Crippen LogP contribution is 2.12. The van der Waals surface area contributed by atoms with E-state index in [1.807, 2.05) is 17.1 Å². The summed E-state index contributed by atoms with van der Waals surface area (Å²) in [5.41, 5.74) is 0.850. The van der Waals surface area contributed by atoms with E-state index in [1.165, 1.54) is 36.4 Å². The molecule has 0 aliphatic rings. The lowest BCUT2D eigenvalue weighted by Crippen LogP contribution is -2.26. The largest absolute Gasteiger partial charge is 0.356 e. The lowest BCUT2D eigenvalue weighted by molar-refractivity contribution is -0.120. The Morgan fingerprint density at radius 3 is 2.89 bits per heavy atom. The summed E-state index contributed by atoms with van der Waals surface area (Å²) >= 11 is 9.06. The fraction of sp³-hybridized carbons (Fsp3) is 0.692. The molecule has 0 bridgehead atoms. The van der Waals surface area contributed by atoms with Gasteiger partial charge in [-0.2, -0.15) is 11.8 Å². The van der Waals surface area contributed by atoms with E-state index in [4.69, 9.17) is 11.6 Å². The molecule has 0 fully saturated rings. The highest BCUT2D eigenvalue weighted by atomic mass is 35.5. The average molecular weight is 321 g/mol. The summed E-state index contributed by atoms with van der Waals surface area (Å²) in [6.45, 7) is 0.770. The number of thioether (sulfide) groups is 1. The molecule has 1 heterocycles. The third-order valence-electron chi connectivity index (χ3n) is 2.65. The summed E-state index contributed by atoms with van der Waals surface area (Å²) < 4.78 is 0. The molecule has 0 aliphatic heterocycles. The zero-order valence-corrected chi connectivity index (χ0v) is 13.7.